The highest BCUT2D eigenvalue weighted by atomic mass is 16.4. The summed E-state index contributed by atoms with van der Waals surface area (Å²) in [6, 6.07) is 7.92. The molecule has 0 aliphatic carbocycles. The van der Waals surface area contributed by atoms with E-state index in [9.17, 15) is 24.6 Å². The summed E-state index contributed by atoms with van der Waals surface area (Å²) in [6.45, 7) is 4.53. The summed E-state index contributed by atoms with van der Waals surface area (Å²) < 4.78 is 0. The standard InChI is InChI=1S/C20H30N4O6/c1-16-2-4-17(5-3-16)23-10-8-21(14-18(25)26)6-7-22(15-19(27)28)9-11-24(13-12-23)20(29)30/h2-5H,6-15H2,1H3,(H,25,26)(H,27,28)(H,29,30). The Balaban J connectivity index is 2.20. The summed E-state index contributed by atoms with van der Waals surface area (Å²) in [5, 5.41) is 27.9. The zero-order chi connectivity index (χ0) is 22.1. The molecule has 1 aromatic carbocycles. The van der Waals surface area contributed by atoms with Gasteiger partial charge in [-0.3, -0.25) is 19.4 Å². The van der Waals surface area contributed by atoms with Crippen molar-refractivity contribution in [3.05, 3.63) is 29.8 Å². The molecule has 1 aliphatic rings. The molecule has 0 saturated carbocycles. The van der Waals surface area contributed by atoms with Crippen molar-refractivity contribution in [2.45, 2.75) is 6.92 Å². The summed E-state index contributed by atoms with van der Waals surface area (Å²) in [7, 11) is 0. The Kier molecular flexibility index (Phi) is 8.88. The van der Waals surface area contributed by atoms with Gasteiger partial charge < -0.3 is 25.1 Å². The van der Waals surface area contributed by atoms with Gasteiger partial charge in [0.1, 0.15) is 0 Å². The molecule has 1 fully saturated rings. The molecule has 30 heavy (non-hydrogen) atoms. The van der Waals surface area contributed by atoms with Crippen molar-refractivity contribution in [3.63, 3.8) is 0 Å². The lowest BCUT2D eigenvalue weighted by molar-refractivity contribution is -0.140. The van der Waals surface area contributed by atoms with Crippen LogP contribution in [-0.2, 0) is 9.59 Å². The predicted molar refractivity (Wildman–Crippen MR) is 111 cm³/mol. The lowest BCUT2D eigenvalue weighted by Crippen LogP contribution is -2.48. The molecule has 1 amide bonds. The van der Waals surface area contributed by atoms with Gasteiger partial charge in [-0.2, -0.15) is 0 Å². The van der Waals surface area contributed by atoms with Gasteiger partial charge in [0.2, 0.25) is 0 Å². The fourth-order valence-electron chi connectivity index (χ4n) is 3.40. The van der Waals surface area contributed by atoms with Gasteiger partial charge in [0, 0.05) is 58.0 Å². The SMILES string of the molecule is Cc1ccc(N2CCN(CC(=O)O)CCN(CC(=O)O)CCN(C(=O)O)CC2)cc1. The minimum atomic E-state index is -1.04. The van der Waals surface area contributed by atoms with Crippen LogP contribution in [0, 0.1) is 6.92 Å². The van der Waals surface area contributed by atoms with Crippen molar-refractivity contribution >= 4 is 23.7 Å². The van der Waals surface area contributed by atoms with Crippen molar-refractivity contribution in [2.24, 2.45) is 0 Å². The predicted octanol–water partition coefficient (Wildman–Crippen LogP) is 0.568. The number of rotatable bonds is 5. The third kappa shape index (κ3) is 7.88. The van der Waals surface area contributed by atoms with Crippen molar-refractivity contribution in [2.75, 3.05) is 70.3 Å². The maximum absolute atomic E-state index is 11.7. The Morgan fingerprint density at radius 3 is 1.67 bits per heavy atom. The number of carboxylic acid groups (broad SMARTS) is 3. The van der Waals surface area contributed by atoms with Crippen LogP contribution < -0.4 is 4.90 Å². The molecule has 0 bridgehead atoms. The number of aryl methyl sites for hydroxylation is 1. The Morgan fingerprint density at radius 1 is 0.733 bits per heavy atom. The number of nitrogens with zero attached hydrogens (tertiary/aromatic N) is 4. The molecule has 2 rings (SSSR count). The van der Waals surface area contributed by atoms with Crippen LogP contribution in [0.4, 0.5) is 10.5 Å². The zero-order valence-corrected chi connectivity index (χ0v) is 17.2. The summed E-state index contributed by atoms with van der Waals surface area (Å²) in [4.78, 5) is 40.9. The highest BCUT2D eigenvalue weighted by Crippen LogP contribution is 2.15. The molecule has 0 spiro atoms. The highest BCUT2D eigenvalue weighted by Gasteiger charge is 2.21. The molecule has 10 nitrogen and oxygen atoms in total. The second kappa shape index (κ2) is 11.4. The van der Waals surface area contributed by atoms with E-state index < -0.39 is 18.0 Å². The Labute approximate surface area is 175 Å². The number of amides is 1. The summed E-state index contributed by atoms with van der Waals surface area (Å²) in [5.74, 6) is -1.94. The van der Waals surface area contributed by atoms with E-state index in [0.717, 1.165) is 11.3 Å². The van der Waals surface area contributed by atoms with Crippen LogP contribution in [0.5, 0.6) is 0 Å². The smallest absolute Gasteiger partial charge is 0.407 e. The monoisotopic (exact) mass is 422 g/mol. The van der Waals surface area contributed by atoms with E-state index in [1.807, 2.05) is 31.2 Å². The maximum Gasteiger partial charge on any atom is 0.407 e. The zero-order valence-electron chi connectivity index (χ0n) is 17.2. The Hall–Kier alpha value is -2.85. The van der Waals surface area contributed by atoms with E-state index in [4.69, 9.17) is 5.11 Å². The number of anilines is 1. The molecule has 0 aromatic heterocycles. The summed E-state index contributed by atoms with van der Waals surface area (Å²) >= 11 is 0. The lowest BCUT2D eigenvalue weighted by atomic mass is 10.2. The van der Waals surface area contributed by atoms with Gasteiger partial charge in [-0.05, 0) is 19.1 Å². The van der Waals surface area contributed by atoms with E-state index in [0.29, 0.717) is 32.7 Å². The Morgan fingerprint density at radius 2 is 1.17 bits per heavy atom. The Bertz CT molecular complexity index is 727. The molecule has 0 atom stereocenters. The van der Waals surface area contributed by atoms with Gasteiger partial charge in [0.25, 0.3) is 0 Å². The van der Waals surface area contributed by atoms with Gasteiger partial charge in [0.15, 0.2) is 0 Å². The van der Waals surface area contributed by atoms with Crippen LogP contribution in [0.1, 0.15) is 5.56 Å². The fraction of sp³-hybridized carbons (Fsp3) is 0.550. The summed E-state index contributed by atoms with van der Waals surface area (Å²) in [6.07, 6.45) is -1.04. The fourth-order valence-corrected chi connectivity index (χ4v) is 3.40. The molecule has 3 N–H and O–H groups in total. The second-order valence-corrected chi connectivity index (χ2v) is 7.43. The van der Waals surface area contributed by atoms with Crippen LogP contribution in [0.15, 0.2) is 24.3 Å². The first-order valence-corrected chi connectivity index (χ1v) is 9.92. The largest absolute Gasteiger partial charge is 0.480 e. The number of aliphatic carboxylic acids is 2. The third-order valence-electron chi connectivity index (χ3n) is 5.13. The number of hydrogen-bond donors (Lipinski definition) is 3. The molecule has 0 unspecified atom stereocenters. The van der Waals surface area contributed by atoms with Gasteiger partial charge >= 0.3 is 18.0 Å². The molecular weight excluding hydrogens is 392 g/mol. The van der Waals surface area contributed by atoms with Crippen molar-refractivity contribution in [3.8, 4) is 0 Å². The van der Waals surface area contributed by atoms with Crippen LogP contribution in [0.2, 0.25) is 0 Å². The molecule has 1 heterocycles. The van der Waals surface area contributed by atoms with E-state index in [1.165, 1.54) is 4.90 Å². The third-order valence-corrected chi connectivity index (χ3v) is 5.13. The minimum absolute atomic E-state index is 0.135. The number of benzene rings is 1. The summed E-state index contributed by atoms with van der Waals surface area (Å²) in [5.41, 5.74) is 2.07. The maximum atomic E-state index is 11.7. The van der Waals surface area contributed by atoms with Crippen LogP contribution >= 0.6 is 0 Å². The average molecular weight is 422 g/mol. The first-order valence-electron chi connectivity index (χ1n) is 9.92. The molecule has 10 heteroatoms. The van der Waals surface area contributed by atoms with Crippen LogP contribution in [0.3, 0.4) is 0 Å². The molecular formula is C20H30N4O6. The molecule has 166 valence electrons. The number of carboxylic acids is 2. The highest BCUT2D eigenvalue weighted by molar-refractivity contribution is 5.69. The van der Waals surface area contributed by atoms with E-state index >= 15 is 0 Å². The van der Waals surface area contributed by atoms with Crippen molar-refractivity contribution in [1.29, 1.82) is 0 Å². The van der Waals surface area contributed by atoms with E-state index in [-0.39, 0.29) is 32.7 Å². The van der Waals surface area contributed by atoms with Gasteiger partial charge in [-0.15, -0.1) is 0 Å². The first-order chi connectivity index (χ1) is 14.2. The molecule has 1 aliphatic heterocycles. The second-order valence-electron chi connectivity index (χ2n) is 7.43. The van der Waals surface area contributed by atoms with E-state index in [1.54, 1.807) is 9.80 Å². The lowest BCUT2D eigenvalue weighted by Gasteiger charge is -2.33. The first kappa shape index (κ1) is 23.4. The average Bonchev–Trinajstić information content (AvgIpc) is 2.66. The number of carbonyl (C=O) groups is 3. The number of hydrogen-bond acceptors (Lipinski definition) is 6. The normalized spacial score (nSPS) is 17.8. The molecule has 1 aromatic rings. The van der Waals surface area contributed by atoms with Crippen molar-refractivity contribution in [1.82, 2.24) is 14.7 Å². The quantitative estimate of drug-likeness (QED) is 0.624. The van der Waals surface area contributed by atoms with Gasteiger partial charge in [-0.25, -0.2) is 4.79 Å². The molecule has 0 radical (unpaired) electrons. The minimum Gasteiger partial charge on any atom is -0.480 e. The van der Waals surface area contributed by atoms with Gasteiger partial charge in [0.05, 0.1) is 13.1 Å². The van der Waals surface area contributed by atoms with Crippen LogP contribution in [-0.4, -0.2) is 113 Å². The van der Waals surface area contributed by atoms with Gasteiger partial charge in [-0.1, -0.05) is 17.7 Å². The van der Waals surface area contributed by atoms with Crippen LogP contribution in [0.25, 0.3) is 0 Å². The van der Waals surface area contributed by atoms with E-state index in [2.05, 4.69) is 4.90 Å². The molecule has 1 saturated heterocycles. The van der Waals surface area contributed by atoms with Crippen molar-refractivity contribution < 1.29 is 29.7 Å². The topological polar surface area (TPSA) is 125 Å².